The highest BCUT2D eigenvalue weighted by Gasteiger charge is 2.52. The number of carbonyl (C=O) groups excluding carboxylic acids is 3. The van der Waals surface area contributed by atoms with Gasteiger partial charge in [-0.25, -0.2) is 4.79 Å². The molecule has 1 aliphatic heterocycles. The molecule has 49 heavy (non-hydrogen) atoms. The molecule has 276 valence electrons. The molecule has 0 spiro atoms. The molecule has 0 aliphatic carbocycles. The average Bonchev–Trinajstić information content (AvgIpc) is 3.51. The number of ether oxygens (including phenoxy) is 4. The Morgan fingerprint density at radius 2 is 1.80 bits per heavy atom. The van der Waals surface area contributed by atoms with Gasteiger partial charge in [-0.05, 0) is 71.4 Å². The molecule has 2 unspecified atom stereocenters. The number of nitrogens with one attached hydrogen (secondary N) is 1. The highest BCUT2D eigenvalue weighted by molar-refractivity contribution is 5.82. The van der Waals surface area contributed by atoms with E-state index < -0.39 is 47.1 Å². The molecule has 11 nitrogen and oxygen atoms in total. The first-order valence-electron chi connectivity index (χ1n) is 17.9. The Morgan fingerprint density at radius 3 is 2.39 bits per heavy atom. The van der Waals surface area contributed by atoms with E-state index in [4.69, 9.17) is 18.9 Å². The van der Waals surface area contributed by atoms with Crippen LogP contribution in [0.4, 0.5) is 4.79 Å². The number of aryl methyl sites for hydroxylation is 1. The van der Waals surface area contributed by atoms with E-state index in [9.17, 15) is 14.4 Å². The Bertz CT molecular complexity index is 1410. The molecule has 11 heteroatoms. The van der Waals surface area contributed by atoms with Crippen LogP contribution in [0, 0.1) is 17.3 Å². The summed E-state index contributed by atoms with van der Waals surface area (Å²) in [4.78, 5) is 41.7. The predicted molar refractivity (Wildman–Crippen MR) is 191 cm³/mol. The fourth-order valence-corrected chi connectivity index (χ4v) is 6.74. The van der Waals surface area contributed by atoms with Crippen molar-refractivity contribution in [3.63, 3.8) is 0 Å². The molecule has 2 amide bonds. The SMILES string of the molecule is CCCCC(C)(C)C(=O)NC[C@@H]1OC(C)(C)N(C(=O)OC(C)(C)C)[C@H]1CC(C(C)C)C(OC(C)=O)c1ccc2cnn(CCCOC)c2c1. The molecule has 0 bridgehead atoms. The van der Waals surface area contributed by atoms with E-state index in [1.165, 1.54) is 6.92 Å². The van der Waals surface area contributed by atoms with Gasteiger partial charge in [0, 0.05) is 50.4 Å². The zero-order valence-electron chi connectivity index (χ0n) is 32.1. The molecule has 1 aliphatic rings. The fraction of sp³-hybridized carbons (Fsp3) is 0.737. The first-order chi connectivity index (χ1) is 22.8. The molecule has 4 atom stereocenters. The summed E-state index contributed by atoms with van der Waals surface area (Å²) in [5.74, 6) is -0.628. The smallest absolute Gasteiger partial charge is 0.412 e. The van der Waals surface area contributed by atoms with E-state index >= 15 is 0 Å². The van der Waals surface area contributed by atoms with Gasteiger partial charge in [0.2, 0.25) is 5.91 Å². The number of hydrogen-bond acceptors (Lipinski definition) is 8. The maximum absolute atomic E-state index is 13.9. The van der Waals surface area contributed by atoms with E-state index in [0.29, 0.717) is 19.6 Å². The number of carbonyl (C=O) groups is 3. The van der Waals surface area contributed by atoms with Crippen LogP contribution < -0.4 is 5.32 Å². The van der Waals surface area contributed by atoms with Crippen molar-refractivity contribution in [3.05, 3.63) is 30.0 Å². The normalized spacial score (nSPS) is 19.2. The molecule has 2 heterocycles. The number of aromatic nitrogens is 2. The number of amides is 2. The minimum absolute atomic E-state index is 0.0408. The van der Waals surface area contributed by atoms with Crippen LogP contribution in [0.25, 0.3) is 10.9 Å². The van der Waals surface area contributed by atoms with Gasteiger partial charge in [0.25, 0.3) is 0 Å². The van der Waals surface area contributed by atoms with Crippen LogP contribution in [0.2, 0.25) is 0 Å². The van der Waals surface area contributed by atoms with Crippen molar-refractivity contribution in [1.29, 1.82) is 0 Å². The molecule has 2 aromatic rings. The van der Waals surface area contributed by atoms with Crippen LogP contribution in [-0.2, 0) is 35.1 Å². The van der Waals surface area contributed by atoms with Gasteiger partial charge in [0.15, 0.2) is 0 Å². The van der Waals surface area contributed by atoms with E-state index in [1.54, 1.807) is 12.0 Å². The van der Waals surface area contributed by atoms with Crippen LogP contribution in [0.15, 0.2) is 24.4 Å². The number of esters is 1. The largest absolute Gasteiger partial charge is 0.457 e. The van der Waals surface area contributed by atoms with Crippen LogP contribution in [-0.4, -0.2) is 76.4 Å². The zero-order chi connectivity index (χ0) is 36.7. The average molecular weight is 687 g/mol. The fourth-order valence-electron chi connectivity index (χ4n) is 6.74. The van der Waals surface area contributed by atoms with Gasteiger partial charge >= 0.3 is 12.1 Å². The zero-order valence-corrected chi connectivity index (χ0v) is 32.1. The molecule has 0 radical (unpaired) electrons. The Labute approximate surface area is 293 Å². The van der Waals surface area contributed by atoms with Crippen molar-refractivity contribution >= 4 is 28.9 Å². The second-order valence-corrected chi connectivity index (χ2v) is 15.9. The molecule has 0 saturated carbocycles. The van der Waals surface area contributed by atoms with Crippen LogP contribution in [0.1, 0.15) is 120 Å². The quantitative estimate of drug-likeness (QED) is 0.143. The summed E-state index contributed by atoms with van der Waals surface area (Å²) in [5, 5.41) is 8.72. The third-order valence-electron chi connectivity index (χ3n) is 9.37. The highest BCUT2D eigenvalue weighted by atomic mass is 16.6. The summed E-state index contributed by atoms with van der Waals surface area (Å²) >= 11 is 0. The number of methoxy groups -OCH3 is 1. The minimum Gasteiger partial charge on any atom is -0.457 e. The van der Waals surface area contributed by atoms with E-state index in [0.717, 1.165) is 42.1 Å². The Kier molecular flexibility index (Phi) is 13.7. The van der Waals surface area contributed by atoms with Gasteiger partial charge in [-0.1, -0.05) is 59.6 Å². The lowest BCUT2D eigenvalue weighted by Gasteiger charge is -2.38. The van der Waals surface area contributed by atoms with Crippen LogP contribution in [0.3, 0.4) is 0 Å². The monoisotopic (exact) mass is 686 g/mol. The Hall–Kier alpha value is -3.18. The van der Waals surface area contributed by atoms with Crippen molar-refractivity contribution < 1.29 is 33.3 Å². The van der Waals surface area contributed by atoms with Crippen molar-refractivity contribution in [2.24, 2.45) is 17.3 Å². The molecular weight excluding hydrogens is 624 g/mol. The molecule has 1 N–H and O–H groups in total. The summed E-state index contributed by atoms with van der Waals surface area (Å²) in [6, 6.07) is 5.56. The van der Waals surface area contributed by atoms with E-state index in [-0.39, 0.29) is 24.3 Å². The van der Waals surface area contributed by atoms with E-state index in [1.807, 2.05) is 71.5 Å². The first kappa shape index (κ1) is 40.3. The van der Waals surface area contributed by atoms with Gasteiger partial charge in [0.1, 0.15) is 17.4 Å². The van der Waals surface area contributed by atoms with Crippen molar-refractivity contribution in [1.82, 2.24) is 20.0 Å². The van der Waals surface area contributed by atoms with Gasteiger partial charge < -0.3 is 24.3 Å². The Balaban J connectivity index is 2.04. The summed E-state index contributed by atoms with van der Waals surface area (Å²) in [6.07, 6.45) is 4.18. The van der Waals surface area contributed by atoms with Gasteiger partial charge in [-0.2, -0.15) is 5.10 Å². The summed E-state index contributed by atoms with van der Waals surface area (Å²) < 4.78 is 25.9. The van der Waals surface area contributed by atoms with Crippen LogP contribution in [0.5, 0.6) is 0 Å². The summed E-state index contributed by atoms with van der Waals surface area (Å²) in [5.41, 5.74) is -0.501. The minimum atomic E-state index is -1.02. The maximum Gasteiger partial charge on any atom is 0.412 e. The van der Waals surface area contributed by atoms with Crippen molar-refractivity contribution in [2.75, 3.05) is 20.3 Å². The number of benzene rings is 1. The maximum atomic E-state index is 13.9. The van der Waals surface area contributed by atoms with E-state index in [2.05, 4.69) is 37.3 Å². The third-order valence-corrected chi connectivity index (χ3v) is 9.37. The molecule has 1 aromatic heterocycles. The second kappa shape index (κ2) is 16.7. The lowest BCUT2D eigenvalue weighted by molar-refractivity contribution is -0.151. The second-order valence-electron chi connectivity index (χ2n) is 15.9. The molecule has 1 aromatic carbocycles. The number of fused-ring (bicyclic) bond motifs is 1. The standard InChI is InChI=1S/C38H62N4O7/c1-13-14-18-37(8,9)34(44)39-24-32-31(42(38(10,11)48-32)35(45)49-36(5,6)7)22-29(25(2)3)33(47-26(4)43)27-16-17-28-23-40-41(30(28)21-27)19-15-20-46-12/h16-17,21,23,25,29,31-33H,13-15,18-20,22,24H2,1-12H3,(H,39,44)/t29?,31-,32-,33?/m0/s1. The predicted octanol–water partition coefficient (Wildman–Crippen LogP) is 7.41. The number of nitrogens with zero attached hydrogens (tertiary/aromatic N) is 3. The van der Waals surface area contributed by atoms with Gasteiger partial charge in [0.05, 0.1) is 23.9 Å². The first-order valence-corrected chi connectivity index (χ1v) is 17.9. The van der Waals surface area contributed by atoms with Crippen molar-refractivity contribution in [2.45, 2.75) is 144 Å². The number of hydrogen-bond donors (Lipinski definition) is 1. The summed E-state index contributed by atoms with van der Waals surface area (Å²) in [6.45, 7) is 22.4. The lowest BCUT2D eigenvalue weighted by Crippen LogP contribution is -2.52. The van der Waals surface area contributed by atoms with Gasteiger partial charge in [-0.15, -0.1) is 0 Å². The topological polar surface area (TPSA) is 121 Å². The molecular formula is C38H62N4O7. The highest BCUT2D eigenvalue weighted by Crippen LogP contribution is 2.42. The van der Waals surface area contributed by atoms with Gasteiger partial charge in [-0.3, -0.25) is 19.2 Å². The summed E-state index contributed by atoms with van der Waals surface area (Å²) in [7, 11) is 1.68. The molecule has 3 rings (SSSR count). The van der Waals surface area contributed by atoms with Crippen LogP contribution >= 0.6 is 0 Å². The Morgan fingerprint density at radius 1 is 1.10 bits per heavy atom. The number of rotatable bonds is 16. The van der Waals surface area contributed by atoms with Crippen molar-refractivity contribution in [3.8, 4) is 0 Å². The molecule has 1 saturated heterocycles. The number of unbranched alkanes of at least 4 members (excludes halogenated alkanes) is 1. The lowest BCUT2D eigenvalue weighted by atomic mass is 9.80. The third kappa shape index (κ3) is 10.7. The molecule has 1 fully saturated rings.